The maximum Gasteiger partial charge on any atom is 0.0170 e. The van der Waals surface area contributed by atoms with Gasteiger partial charge in [-0.15, -0.1) is 12.4 Å². The molecule has 1 aromatic rings. The lowest BCUT2D eigenvalue weighted by Gasteiger charge is -2.29. The largest absolute Gasteiger partial charge is 0.245 e. The Morgan fingerprint density at radius 2 is 1.67 bits per heavy atom. The van der Waals surface area contributed by atoms with E-state index in [4.69, 9.17) is 0 Å². The Hall–Kier alpha value is -0.830. The molecule has 1 rings (SSSR count). The second-order valence-corrected chi connectivity index (χ2v) is 4.22. The monoisotopic (exact) mass is 268 g/mol. The molecule has 1 aromatic carbocycles. The molecule has 0 fully saturated rings. The highest BCUT2D eigenvalue weighted by Gasteiger charge is 2.06. The van der Waals surface area contributed by atoms with Gasteiger partial charge in [0.05, 0.1) is 0 Å². The third kappa shape index (κ3) is 5.21. The Morgan fingerprint density at radius 3 is 2.11 bits per heavy atom. The molecule has 0 aliphatic heterocycles. The van der Waals surface area contributed by atoms with Crippen molar-refractivity contribution in [1.29, 1.82) is 0 Å². The lowest BCUT2D eigenvalue weighted by atomic mass is 10.1. The van der Waals surface area contributed by atoms with E-state index in [1.807, 2.05) is 6.08 Å². The number of hydrogen-bond donors (Lipinski definition) is 0. The molecule has 0 aliphatic rings. The lowest BCUT2D eigenvalue weighted by molar-refractivity contribution is 0.0110. The molecule has 3 heteroatoms. The van der Waals surface area contributed by atoms with Crippen LogP contribution in [0.2, 0.25) is 0 Å². The number of hydrazine groups is 1. The van der Waals surface area contributed by atoms with Crippen molar-refractivity contribution in [3.8, 4) is 0 Å². The quantitative estimate of drug-likeness (QED) is 0.699. The zero-order valence-corrected chi connectivity index (χ0v) is 12.5. The van der Waals surface area contributed by atoms with Gasteiger partial charge in [0.15, 0.2) is 0 Å². The second kappa shape index (κ2) is 9.15. The fourth-order valence-corrected chi connectivity index (χ4v) is 1.96. The van der Waals surface area contributed by atoms with Crippen LogP contribution < -0.4 is 0 Å². The van der Waals surface area contributed by atoms with E-state index in [0.29, 0.717) is 0 Å². The summed E-state index contributed by atoms with van der Waals surface area (Å²) in [6, 6.07) is 8.62. The van der Waals surface area contributed by atoms with Crippen molar-refractivity contribution in [3.63, 3.8) is 0 Å². The molecular formula is C15H25ClN2. The number of benzene rings is 1. The molecule has 0 saturated heterocycles. The summed E-state index contributed by atoms with van der Waals surface area (Å²) in [5, 5.41) is 4.65. The SMILES string of the molecule is C=Cc1ccc(CCN(C)N(CC)CC)cc1.Cl. The predicted octanol–water partition coefficient (Wildman–Crippen LogP) is 3.48. The van der Waals surface area contributed by atoms with Gasteiger partial charge < -0.3 is 0 Å². The third-order valence-corrected chi connectivity index (χ3v) is 3.15. The Morgan fingerprint density at radius 1 is 1.11 bits per heavy atom. The van der Waals surface area contributed by atoms with Crippen LogP contribution in [-0.4, -0.2) is 36.7 Å². The van der Waals surface area contributed by atoms with E-state index in [2.05, 4.69) is 61.8 Å². The van der Waals surface area contributed by atoms with E-state index in [1.54, 1.807) is 0 Å². The van der Waals surface area contributed by atoms with Crippen LogP contribution in [0.5, 0.6) is 0 Å². The zero-order valence-electron chi connectivity index (χ0n) is 11.7. The molecule has 0 spiro atoms. The Labute approximate surface area is 118 Å². The molecule has 0 unspecified atom stereocenters. The summed E-state index contributed by atoms with van der Waals surface area (Å²) < 4.78 is 0. The van der Waals surface area contributed by atoms with E-state index in [1.165, 1.54) is 11.1 Å². The van der Waals surface area contributed by atoms with Crippen LogP contribution in [-0.2, 0) is 6.42 Å². The summed E-state index contributed by atoms with van der Waals surface area (Å²) in [6.45, 7) is 11.4. The first-order chi connectivity index (χ1) is 8.21. The van der Waals surface area contributed by atoms with Crippen LogP contribution in [0.1, 0.15) is 25.0 Å². The minimum Gasteiger partial charge on any atom is -0.245 e. The average Bonchev–Trinajstić information content (AvgIpc) is 2.38. The number of rotatable bonds is 7. The van der Waals surface area contributed by atoms with Crippen molar-refractivity contribution in [3.05, 3.63) is 42.0 Å². The van der Waals surface area contributed by atoms with Gasteiger partial charge >= 0.3 is 0 Å². The van der Waals surface area contributed by atoms with Crippen molar-refractivity contribution < 1.29 is 0 Å². The third-order valence-electron chi connectivity index (χ3n) is 3.15. The average molecular weight is 269 g/mol. The summed E-state index contributed by atoms with van der Waals surface area (Å²) >= 11 is 0. The van der Waals surface area contributed by atoms with Crippen LogP contribution in [0.4, 0.5) is 0 Å². The predicted molar refractivity (Wildman–Crippen MR) is 83.0 cm³/mol. The van der Waals surface area contributed by atoms with Crippen LogP contribution in [0.3, 0.4) is 0 Å². The molecule has 0 bridgehead atoms. The number of likely N-dealkylation sites (N-methyl/N-ethyl adjacent to an activating group) is 1. The minimum absolute atomic E-state index is 0. The topological polar surface area (TPSA) is 6.48 Å². The van der Waals surface area contributed by atoms with Crippen molar-refractivity contribution in [2.75, 3.05) is 26.7 Å². The fraction of sp³-hybridized carbons (Fsp3) is 0.467. The first-order valence-corrected chi connectivity index (χ1v) is 6.38. The van der Waals surface area contributed by atoms with Gasteiger partial charge in [0.1, 0.15) is 0 Å². The Balaban J connectivity index is 0.00000289. The molecular weight excluding hydrogens is 244 g/mol. The molecule has 0 radical (unpaired) electrons. The van der Waals surface area contributed by atoms with E-state index in [-0.39, 0.29) is 12.4 Å². The summed E-state index contributed by atoms with van der Waals surface area (Å²) in [5.74, 6) is 0. The van der Waals surface area contributed by atoms with Crippen molar-refractivity contribution in [2.45, 2.75) is 20.3 Å². The molecule has 0 aliphatic carbocycles. The summed E-state index contributed by atoms with van der Waals surface area (Å²) in [6.07, 6.45) is 2.97. The van der Waals surface area contributed by atoms with Crippen LogP contribution in [0.25, 0.3) is 6.08 Å². The minimum atomic E-state index is 0. The normalized spacial score (nSPS) is 10.5. The van der Waals surface area contributed by atoms with Gasteiger partial charge in [0, 0.05) is 26.7 Å². The highest BCUT2D eigenvalue weighted by atomic mass is 35.5. The zero-order chi connectivity index (χ0) is 12.7. The van der Waals surface area contributed by atoms with Crippen molar-refractivity contribution in [1.82, 2.24) is 10.0 Å². The van der Waals surface area contributed by atoms with Crippen LogP contribution in [0.15, 0.2) is 30.8 Å². The molecule has 0 heterocycles. The van der Waals surface area contributed by atoms with Crippen LogP contribution in [0, 0.1) is 0 Å². The number of hydrogen-bond acceptors (Lipinski definition) is 2. The van der Waals surface area contributed by atoms with Gasteiger partial charge in [-0.1, -0.05) is 50.8 Å². The molecule has 0 saturated carbocycles. The van der Waals surface area contributed by atoms with E-state index < -0.39 is 0 Å². The molecule has 18 heavy (non-hydrogen) atoms. The molecule has 102 valence electrons. The van der Waals surface area contributed by atoms with Gasteiger partial charge in [-0.05, 0) is 17.5 Å². The summed E-state index contributed by atoms with van der Waals surface area (Å²) in [5.41, 5.74) is 2.57. The van der Waals surface area contributed by atoms with Gasteiger partial charge in [-0.3, -0.25) is 0 Å². The first kappa shape index (κ1) is 17.2. The van der Waals surface area contributed by atoms with E-state index >= 15 is 0 Å². The Kier molecular flexibility index (Phi) is 8.73. The van der Waals surface area contributed by atoms with Crippen molar-refractivity contribution >= 4 is 18.5 Å². The van der Waals surface area contributed by atoms with Gasteiger partial charge in [-0.2, -0.15) is 0 Å². The highest BCUT2D eigenvalue weighted by Crippen LogP contribution is 2.07. The summed E-state index contributed by atoms with van der Waals surface area (Å²) in [7, 11) is 2.16. The maximum absolute atomic E-state index is 3.77. The first-order valence-electron chi connectivity index (χ1n) is 6.38. The van der Waals surface area contributed by atoms with E-state index in [9.17, 15) is 0 Å². The number of halogens is 1. The maximum atomic E-state index is 3.77. The second-order valence-electron chi connectivity index (χ2n) is 4.22. The standard InChI is InChI=1S/C15H24N2.ClH/c1-5-14-8-10-15(11-9-14)12-13-16(4)17(6-2)7-3;/h5,8-11H,1,6-7,12-13H2,2-4H3;1H. The number of nitrogens with zero attached hydrogens (tertiary/aromatic N) is 2. The fourth-order valence-electron chi connectivity index (χ4n) is 1.96. The van der Waals surface area contributed by atoms with Gasteiger partial charge in [0.2, 0.25) is 0 Å². The van der Waals surface area contributed by atoms with E-state index in [0.717, 1.165) is 26.1 Å². The highest BCUT2D eigenvalue weighted by molar-refractivity contribution is 5.85. The van der Waals surface area contributed by atoms with Crippen LogP contribution >= 0.6 is 12.4 Å². The smallest absolute Gasteiger partial charge is 0.0170 e. The summed E-state index contributed by atoms with van der Waals surface area (Å²) in [4.78, 5) is 0. The Bertz CT molecular complexity index is 331. The van der Waals surface area contributed by atoms with Gasteiger partial charge in [0.25, 0.3) is 0 Å². The molecule has 0 aromatic heterocycles. The molecule has 0 amide bonds. The lowest BCUT2D eigenvalue weighted by Crippen LogP contribution is -2.40. The molecule has 0 atom stereocenters. The van der Waals surface area contributed by atoms with Gasteiger partial charge in [-0.25, -0.2) is 10.0 Å². The molecule has 2 nitrogen and oxygen atoms in total. The van der Waals surface area contributed by atoms with Crippen molar-refractivity contribution in [2.24, 2.45) is 0 Å². The molecule has 0 N–H and O–H groups in total.